The number of fused-ring (bicyclic) bond motifs is 1. The average molecular weight is 247 g/mol. The number of hydrogen-bond donors (Lipinski definition) is 1. The third-order valence-corrected chi connectivity index (χ3v) is 5.22. The van der Waals surface area contributed by atoms with Crippen molar-refractivity contribution in [2.24, 2.45) is 17.8 Å². The summed E-state index contributed by atoms with van der Waals surface area (Å²) in [4.78, 5) is 0. The monoisotopic (exact) mass is 247 g/mol. The Bertz CT molecular complexity index is 278. The van der Waals surface area contributed by atoms with Gasteiger partial charge in [-0.2, -0.15) is 0 Å². The highest BCUT2D eigenvalue weighted by atomic mass is 14.9. The molecule has 0 aromatic carbocycles. The van der Waals surface area contributed by atoms with Gasteiger partial charge in [-0.1, -0.05) is 32.6 Å². The lowest BCUT2D eigenvalue weighted by atomic mass is 9.66. The normalized spacial score (nSPS) is 33.4. The van der Waals surface area contributed by atoms with Crippen LogP contribution in [0.2, 0.25) is 0 Å². The molecule has 0 aromatic heterocycles. The molecule has 4 atom stereocenters. The zero-order valence-electron chi connectivity index (χ0n) is 12.0. The van der Waals surface area contributed by atoms with E-state index in [0.29, 0.717) is 6.04 Å². The van der Waals surface area contributed by atoms with Crippen LogP contribution in [0.1, 0.15) is 64.7 Å². The van der Waals surface area contributed by atoms with Crippen molar-refractivity contribution in [3.8, 4) is 12.3 Å². The molecule has 1 N–H and O–H groups in total. The summed E-state index contributed by atoms with van der Waals surface area (Å²) >= 11 is 0. The lowest BCUT2D eigenvalue weighted by Gasteiger charge is -2.42. The summed E-state index contributed by atoms with van der Waals surface area (Å²) in [5, 5.41) is 3.69. The fourth-order valence-corrected chi connectivity index (χ4v) is 4.28. The molecule has 0 amide bonds. The van der Waals surface area contributed by atoms with Crippen LogP contribution >= 0.6 is 0 Å². The van der Waals surface area contributed by atoms with Gasteiger partial charge in [0, 0.05) is 12.5 Å². The van der Waals surface area contributed by atoms with Gasteiger partial charge in [0.2, 0.25) is 0 Å². The molecule has 0 aromatic rings. The lowest BCUT2D eigenvalue weighted by molar-refractivity contribution is 0.108. The molecule has 2 saturated carbocycles. The van der Waals surface area contributed by atoms with Crippen LogP contribution in [0.3, 0.4) is 0 Å². The van der Waals surface area contributed by atoms with Crippen molar-refractivity contribution < 1.29 is 0 Å². The van der Waals surface area contributed by atoms with Gasteiger partial charge in [-0.05, 0) is 50.0 Å². The Kier molecular flexibility index (Phi) is 5.57. The quantitative estimate of drug-likeness (QED) is 0.725. The Hall–Kier alpha value is -0.480. The highest BCUT2D eigenvalue weighted by Gasteiger charge is 2.34. The van der Waals surface area contributed by atoms with E-state index in [0.717, 1.165) is 30.7 Å². The third kappa shape index (κ3) is 3.51. The molecule has 0 aliphatic heterocycles. The Balaban J connectivity index is 1.88. The van der Waals surface area contributed by atoms with E-state index in [1.807, 2.05) is 0 Å². The van der Waals surface area contributed by atoms with E-state index in [-0.39, 0.29) is 0 Å². The maximum absolute atomic E-state index is 5.43. The molecule has 1 nitrogen and oxygen atoms in total. The van der Waals surface area contributed by atoms with E-state index in [4.69, 9.17) is 6.42 Å². The molecular formula is C17H29N. The summed E-state index contributed by atoms with van der Waals surface area (Å²) in [5.74, 6) is 5.79. The third-order valence-electron chi connectivity index (χ3n) is 5.22. The Morgan fingerprint density at radius 2 is 1.94 bits per heavy atom. The number of nitrogens with one attached hydrogen (secondary N) is 1. The fourth-order valence-electron chi connectivity index (χ4n) is 4.28. The summed E-state index contributed by atoms with van der Waals surface area (Å²) in [6, 6.07) is 0.675. The highest BCUT2D eigenvalue weighted by Crippen LogP contribution is 2.43. The minimum Gasteiger partial charge on any atom is -0.314 e. The first-order valence-electron chi connectivity index (χ1n) is 8.02. The van der Waals surface area contributed by atoms with E-state index in [1.54, 1.807) is 0 Å². The van der Waals surface area contributed by atoms with Crippen molar-refractivity contribution >= 4 is 0 Å². The van der Waals surface area contributed by atoms with Crippen molar-refractivity contribution in [1.29, 1.82) is 0 Å². The molecule has 2 fully saturated rings. The minimum absolute atomic E-state index is 0.675. The molecule has 4 unspecified atom stereocenters. The smallest absolute Gasteiger partial charge is 0.0104 e. The molecule has 1 heteroatoms. The molecule has 2 aliphatic rings. The minimum atomic E-state index is 0.675. The van der Waals surface area contributed by atoms with E-state index in [2.05, 4.69) is 18.2 Å². The first-order chi connectivity index (χ1) is 8.85. The van der Waals surface area contributed by atoms with Gasteiger partial charge in [-0.3, -0.25) is 0 Å². The van der Waals surface area contributed by atoms with Crippen molar-refractivity contribution in [2.45, 2.75) is 70.8 Å². The van der Waals surface area contributed by atoms with Gasteiger partial charge in [-0.25, -0.2) is 0 Å². The van der Waals surface area contributed by atoms with Crippen molar-refractivity contribution in [3.05, 3.63) is 0 Å². The Morgan fingerprint density at radius 3 is 2.67 bits per heavy atom. The van der Waals surface area contributed by atoms with Crippen LogP contribution in [0.25, 0.3) is 0 Å². The molecule has 102 valence electrons. The van der Waals surface area contributed by atoms with Gasteiger partial charge in [0.05, 0.1) is 0 Å². The first kappa shape index (κ1) is 13.9. The van der Waals surface area contributed by atoms with E-state index in [9.17, 15) is 0 Å². The Morgan fingerprint density at radius 1 is 1.17 bits per heavy atom. The SMILES string of the molecule is C#CCCC(NCC)C1CCC2CCCCC2C1. The molecule has 0 bridgehead atoms. The summed E-state index contributed by atoms with van der Waals surface area (Å²) in [7, 11) is 0. The second-order valence-corrected chi connectivity index (χ2v) is 6.28. The molecule has 2 rings (SSSR count). The summed E-state index contributed by atoms with van der Waals surface area (Å²) in [6.07, 6.45) is 17.9. The summed E-state index contributed by atoms with van der Waals surface area (Å²) in [5.41, 5.74) is 0. The topological polar surface area (TPSA) is 12.0 Å². The molecular weight excluding hydrogens is 218 g/mol. The van der Waals surface area contributed by atoms with Gasteiger partial charge >= 0.3 is 0 Å². The first-order valence-corrected chi connectivity index (χ1v) is 8.02. The fraction of sp³-hybridized carbons (Fsp3) is 0.882. The molecule has 0 radical (unpaired) electrons. The van der Waals surface area contributed by atoms with Gasteiger partial charge in [-0.15, -0.1) is 12.3 Å². The van der Waals surface area contributed by atoms with Crippen molar-refractivity contribution in [3.63, 3.8) is 0 Å². The predicted molar refractivity (Wildman–Crippen MR) is 78.3 cm³/mol. The van der Waals surface area contributed by atoms with Gasteiger partial charge < -0.3 is 5.32 Å². The summed E-state index contributed by atoms with van der Waals surface area (Å²) in [6.45, 7) is 3.30. The van der Waals surface area contributed by atoms with Crippen LogP contribution in [-0.4, -0.2) is 12.6 Å². The van der Waals surface area contributed by atoms with Crippen LogP contribution in [0.4, 0.5) is 0 Å². The summed E-state index contributed by atoms with van der Waals surface area (Å²) < 4.78 is 0. The molecule has 0 spiro atoms. The molecule has 0 heterocycles. The maximum atomic E-state index is 5.43. The zero-order chi connectivity index (χ0) is 12.8. The van der Waals surface area contributed by atoms with E-state index in [1.165, 1.54) is 51.4 Å². The maximum Gasteiger partial charge on any atom is 0.0104 e. The molecule has 18 heavy (non-hydrogen) atoms. The van der Waals surface area contributed by atoms with Gasteiger partial charge in [0.1, 0.15) is 0 Å². The van der Waals surface area contributed by atoms with Crippen LogP contribution in [-0.2, 0) is 0 Å². The second-order valence-electron chi connectivity index (χ2n) is 6.28. The van der Waals surface area contributed by atoms with Crippen LogP contribution in [0, 0.1) is 30.1 Å². The number of hydrogen-bond acceptors (Lipinski definition) is 1. The van der Waals surface area contributed by atoms with Crippen LogP contribution in [0.15, 0.2) is 0 Å². The Labute approximate surface area is 113 Å². The van der Waals surface area contributed by atoms with Crippen LogP contribution < -0.4 is 5.32 Å². The number of terminal acetylenes is 1. The van der Waals surface area contributed by atoms with Gasteiger partial charge in [0.15, 0.2) is 0 Å². The predicted octanol–water partition coefficient (Wildman–Crippen LogP) is 3.98. The number of rotatable bonds is 5. The highest BCUT2D eigenvalue weighted by molar-refractivity contribution is 4.91. The van der Waals surface area contributed by atoms with Crippen molar-refractivity contribution in [1.82, 2.24) is 5.32 Å². The standard InChI is InChI=1S/C17H29N/c1-3-5-10-17(18-4-2)16-12-11-14-8-6-7-9-15(14)13-16/h1,14-18H,4-13H2,2H3. The largest absolute Gasteiger partial charge is 0.314 e. The van der Waals surface area contributed by atoms with Gasteiger partial charge in [0.25, 0.3) is 0 Å². The average Bonchev–Trinajstić information content (AvgIpc) is 2.43. The van der Waals surface area contributed by atoms with E-state index >= 15 is 0 Å². The second kappa shape index (κ2) is 7.19. The van der Waals surface area contributed by atoms with Crippen molar-refractivity contribution in [2.75, 3.05) is 6.54 Å². The molecule has 0 saturated heterocycles. The van der Waals surface area contributed by atoms with Crippen LogP contribution in [0.5, 0.6) is 0 Å². The molecule has 2 aliphatic carbocycles. The lowest BCUT2D eigenvalue weighted by Crippen LogP contribution is -2.40. The zero-order valence-corrected chi connectivity index (χ0v) is 12.0. The van der Waals surface area contributed by atoms with E-state index < -0.39 is 0 Å².